The van der Waals surface area contributed by atoms with E-state index >= 15 is 0 Å². The highest BCUT2D eigenvalue weighted by Gasteiger charge is 2.40. The lowest BCUT2D eigenvalue weighted by Crippen LogP contribution is -2.38. The Morgan fingerprint density at radius 3 is 2.65 bits per heavy atom. The van der Waals surface area contributed by atoms with E-state index in [2.05, 4.69) is 0 Å². The van der Waals surface area contributed by atoms with Gasteiger partial charge < -0.3 is 10.6 Å². The Labute approximate surface area is 124 Å². The van der Waals surface area contributed by atoms with Gasteiger partial charge in [-0.15, -0.1) is 11.8 Å². The van der Waals surface area contributed by atoms with Crippen LogP contribution in [0.4, 0.5) is 0 Å². The maximum absolute atomic E-state index is 12.6. The summed E-state index contributed by atoms with van der Waals surface area (Å²) in [4.78, 5) is 15.8. The van der Waals surface area contributed by atoms with Crippen LogP contribution in [-0.2, 0) is 0 Å². The van der Waals surface area contributed by atoms with Gasteiger partial charge in [-0.1, -0.05) is 6.42 Å². The quantitative estimate of drug-likeness (QED) is 0.852. The molecule has 20 heavy (non-hydrogen) atoms. The number of amides is 1. The summed E-state index contributed by atoms with van der Waals surface area (Å²) in [5.41, 5.74) is 7.02. The van der Waals surface area contributed by atoms with Gasteiger partial charge in [0.25, 0.3) is 5.91 Å². The van der Waals surface area contributed by atoms with Crippen molar-refractivity contribution in [2.45, 2.75) is 30.2 Å². The minimum Gasteiger partial charge on any atom is -0.338 e. The van der Waals surface area contributed by atoms with Gasteiger partial charge in [-0.3, -0.25) is 4.79 Å². The first-order valence-electron chi connectivity index (χ1n) is 7.38. The lowest BCUT2D eigenvalue weighted by Gasteiger charge is -2.29. The van der Waals surface area contributed by atoms with Crippen molar-refractivity contribution < 1.29 is 4.79 Å². The first kappa shape index (κ1) is 14.0. The van der Waals surface area contributed by atoms with Crippen LogP contribution in [0.15, 0.2) is 29.2 Å². The van der Waals surface area contributed by atoms with Gasteiger partial charge >= 0.3 is 0 Å². The van der Waals surface area contributed by atoms with Crippen LogP contribution in [0.2, 0.25) is 0 Å². The molecule has 1 aromatic rings. The number of likely N-dealkylation sites (tertiary alicyclic amines) is 1. The van der Waals surface area contributed by atoms with Crippen molar-refractivity contribution in [2.75, 3.05) is 19.3 Å². The molecule has 1 heterocycles. The maximum atomic E-state index is 12.6. The smallest absolute Gasteiger partial charge is 0.253 e. The molecule has 0 bridgehead atoms. The Kier molecular flexibility index (Phi) is 4.03. The Bertz CT molecular complexity index is 488. The van der Waals surface area contributed by atoms with Crippen LogP contribution in [0.3, 0.4) is 0 Å². The molecule has 2 fully saturated rings. The number of carbonyl (C=O) groups is 1. The van der Waals surface area contributed by atoms with E-state index in [-0.39, 0.29) is 11.9 Å². The number of thioether (sulfide) groups is 1. The molecule has 1 saturated heterocycles. The number of nitrogens with two attached hydrogens (primary N) is 1. The zero-order valence-corrected chi connectivity index (χ0v) is 12.7. The number of carbonyl (C=O) groups excluding carboxylic acids is 1. The number of hydrogen-bond acceptors (Lipinski definition) is 3. The third-order valence-electron chi connectivity index (χ3n) is 4.78. The Morgan fingerprint density at radius 2 is 2.00 bits per heavy atom. The van der Waals surface area contributed by atoms with Gasteiger partial charge in [0.1, 0.15) is 0 Å². The molecule has 3 rings (SSSR count). The van der Waals surface area contributed by atoms with Crippen molar-refractivity contribution in [1.29, 1.82) is 0 Å². The zero-order valence-electron chi connectivity index (χ0n) is 11.9. The predicted molar refractivity (Wildman–Crippen MR) is 82.9 cm³/mol. The number of benzene rings is 1. The fourth-order valence-corrected chi connectivity index (χ4v) is 4.01. The molecule has 1 aliphatic heterocycles. The molecular weight excluding hydrogens is 268 g/mol. The average Bonchev–Trinajstić information content (AvgIpc) is 2.92. The van der Waals surface area contributed by atoms with Gasteiger partial charge in [0.05, 0.1) is 0 Å². The summed E-state index contributed by atoms with van der Waals surface area (Å²) in [7, 11) is 0. The van der Waals surface area contributed by atoms with Crippen molar-refractivity contribution >= 4 is 17.7 Å². The minimum absolute atomic E-state index is 0.166. The van der Waals surface area contributed by atoms with Crippen LogP contribution in [0.25, 0.3) is 0 Å². The van der Waals surface area contributed by atoms with E-state index in [1.807, 2.05) is 35.4 Å². The molecular formula is C16H22N2OS. The van der Waals surface area contributed by atoms with E-state index < -0.39 is 0 Å². The third-order valence-corrected chi connectivity index (χ3v) is 5.52. The summed E-state index contributed by atoms with van der Waals surface area (Å²) in [6.07, 6.45) is 5.61. The van der Waals surface area contributed by atoms with Gasteiger partial charge in [-0.2, -0.15) is 0 Å². The lowest BCUT2D eigenvalue weighted by molar-refractivity contribution is 0.0783. The molecule has 1 aromatic carbocycles. The topological polar surface area (TPSA) is 46.3 Å². The van der Waals surface area contributed by atoms with Crippen LogP contribution in [0.5, 0.6) is 0 Å². The molecule has 108 valence electrons. The van der Waals surface area contributed by atoms with Gasteiger partial charge in [0.2, 0.25) is 0 Å². The fourth-order valence-electron chi connectivity index (χ4n) is 3.60. The van der Waals surface area contributed by atoms with Crippen LogP contribution >= 0.6 is 11.8 Å². The van der Waals surface area contributed by atoms with E-state index in [0.717, 1.165) is 25.1 Å². The van der Waals surface area contributed by atoms with E-state index in [4.69, 9.17) is 5.73 Å². The minimum atomic E-state index is 0.166. The second-order valence-corrected chi connectivity index (χ2v) is 6.84. The summed E-state index contributed by atoms with van der Waals surface area (Å²) in [5, 5.41) is 0. The summed E-state index contributed by atoms with van der Waals surface area (Å²) in [6, 6.07) is 8.21. The van der Waals surface area contributed by atoms with Gasteiger partial charge in [0.15, 0.2) is 0 Å². The molecule has 0 aromatic heterocycles. The predicted octanol–water partition coefficient (Wildman–Crippen LogP) is 2.61. The number of rotatable bonds is 2. The van der Waals surface area contributed by atoms with E-state index in [1.54, 1.807) is 11.8 Å². The van der Waals surface area contributed by atoms with Gasteiger partial charge in [-0.25, -0.2) is 0 Å². The summed E-state index contributed by atoms with van der Waals surface area (Å²) < 4.78 is 0. The normalized spacial score (nSPS) is 29.3. The van der Waals surface area contributed by atoms with Crippen LogP contribution in [0.1, 0.15) is 29.6 Å². The molecule has 2 aliphatic rings. The van der Waals surface area contributed by atoms with Crippen LogP contribution in [0, 0.1) is 11.8 Å². The molecule has 1 saturated carbocycles. The second-order valence-electron chi connectivity index (χ2n) is 5.96. The number of hydrogen-bond donors (Lipinski definition) is 1. The average molecular weight is 290 g/mol. The fraction of sp³-hybridized carbons (Fsp3) is 0.562. The van der Waals surface area contributed by atoms with E-state index in [1.165, 1.54) is 17.7 Å². The van der Waals surface area contributed by atoms with E-state index in [9.17, 15) is 4.79 Å². The largest absolute Gasteiger partial charge is 0.338 e. The van der Waals surface area contributed by atoms with Crippen molar-refractivity contribution in [3.63, 3.8) is 0 Å². The molecule has 3 unspecified atom stereocenters. The first-order valence-corrected chi connectivity index (χ1v) is 8.60. The molecule has 2 N–H and O–H groups in total. The van der Waals surface area contributed by atoms with Crippen molar-refractivity contribution in [2.24, 2.45) is 17.6 Å². The number of fused-ring (bicyclic) bond motifs is 1. The summed E-state index contributed by atoms with van der Waals surface area (Å²) in [6.45, 7) is 1.73. The molecule has 1 amide bonds. The SMILES string of the molecule is CSc1ccc(C(=O)N2CC3CCCC(N)C3C2)cc1. The van der Waals surface area contributed by atoms with Crippen molar-refractivity contribution in [1.82, 2.24) is 4.90 Å². The first-order chi connectivity index (χ1) is 9.69. The Balaban J connectivity index is 1.71. The van der Waals surface area contributed by atoms with E-state index in [0.29, 0.717) is 11.8 Å². The molecule has 1 aliphatic carbocycles. The highest BCUT2D eigenvalue weighted by Crippen LogP contribution is 2.36. The molecule has 0 radical (unpaired) electrons. The second kappa shape index (κ2) is 5.78. The monoisotopic (exact) mass is 290 g/mol. The highest BCUT2D eigenvalue weighted by atomic mass is 32.2. The highest BCUT2D eigenvalue weighted by molar-refractivity contribution is 7.98. The van der Waals surface area contributed by atoms with Gasteiger partial charge in [0, 0.05) is 29.6 Å². The molecule has 3 nitrogen and oxygen atoms in total. The van der Waals surface area contributed by atoms with Crippen LogP contribution in [-0.4, -0.2) is 36.2 Å². The standard InChI is InChI=1S/C16H22N2OS/c1-20-13-7-5-11(6-8-13)16(19)18-9-12-3-2-4-15(17)14(12)10-18/h5-8,12,14-15H,2-4,9-10,17H2,1H3. The van der Waals surface area contributed by atoms with Crippen molar-refractivity contribution in [3.05, 3.63) is 29.8 Å². The Morgan fingerprint density at radius 1 is 1.25 bits per heavy atom. The third kappa shape index (κ3) is 2.59. The van der Waals surface area contributed by atoms with Gasteiger partial charge in [-0.05, 0) is 55.2 Å². The number of nitrogens with zero attached hydrogens (tertiary/aromatic N) is 1. The Hall–Kier alpha value is -1.00. The molecule has 0 spiro atoms. The molecule has 3 atom stereocenters. The van der Waals surface area contributed by atoms with Crippen molar-refractivity contribution in [3.8, 4) is 0 Å². The van der Waals surface area contributed by atoms with Crippen LogP contribution < -0.4 is 5.73 Å². The molecule has 4 heteroatoms. The summed E-state index contributed by atoms with van der Waals surface area (Å²) >= 11 is 1.70. The zero-order chi connectivity index (χ0) is 14.1. The maximum Gasteiger partial charge on any atom is 0.253 e. The lowest BCUT2D eigenvalue weighted by atomic mass is 9.78. The summed E-state index contributed by atoms with van der Waals surface area (Å²) in [5.74, 6) is 1.30.